The minimum atomic E-state index is 0.759. The lowest BCUT2D eigenvalue weighted by atomic mass is 10.1. The van der Waals surface area contributed by atoms with Crippen molar-refractivity contribution in [1.82, 2.24) is 4.98 Å². The molecular formula is C14H17N3S. The van der Waals surface area contributed by atoms with E-state index in [2.05, 4.69) is 17.1 Å². The van der Waals surface area contributed by atoms with E-state index in [1.807, 2.05) is 18.2 Å². The molecule has 0 spiro atoms. The van der Waals surface area contributed by atoms with Crippen LogP contribution in [0.2, 0.25) is 0 Å². The number of rotatable bonds is 5. The fraction of sp³-hybridized carbons (Fsp3) is 0.214. The highest BCUT2D eigenvalue weighted by molar-refractivity contribution is 7.99. The van der Waals surface area contributed by atoms with E-state index >= 15 is 0 Å². The summed E-state index contributed by atoms with van der Waals surface area (Å²) in [5.41, 5.74) is 14.4. The topological polar surface area (TPSA) is 64.9 Å². The van der Waals surface area contributed by atoms with Gasteiger partial charge in [0, 0.05) is 16.8 Å². The average Bonchev–Trinajstić information content (AvgIpc) is 2.39. The summed E-state index contributed by atoms with van der Waals surface area (Å²) in [6.07, 6.45) is 5.66. The van der Waals surface area contributed by atoms with Crippen LogP contribution in [0.1, 0.15) is 12.0 Å². The Labute approximate surface area is 112 Å². The molecule has 1 aromatic carbocycles. The summed E-state index contributed by atoms with van der Waals surface area (Å²) in [4.78, 5) is 5.09. The molecule has 4 N–H and O–H groups in total. The van der Waals surface area contributed by atoms with Crippen molar-refractivity contribution in [3.8, 4) is 0 Å². The van der Waals surface area contributed by atoms with Crippen LogP contribution in [0.5, 0.6) is 0 Å². The molecule has 18 heavy (non-hydrogen) atoms. The van der Waals surface area contributed by atoms with Gasteiger partial charge in [0.2, 0.25) is 0 Å². The molecule has 0 aliphatic carbocycles. The predicted octanol–water partition coefficient (Wildman–Crippen LogP) is 2.97. The molecule has 2 rings (SSSR count). The largest absolute Gasteiger partial charge is 0.399 e. The van der Waals surface area contributed by atoms with Crippen LogP contribution >= 0.6 is 11.8 Å². The first-order chi connectivity index (χ1) is 8.75. The van der Waals surface area contributed by atoms with Gasteiger partial charge in [-0.1, -0.05) is 12.1 Å². The van der Waals surface area contributed by atoms with Crippen molar-refractivity contribution in [1.29, 1.82) is 0 Å². The van der Waals surface area contributed by atoms with Crippen molar-refractivity contribution < 1.29 is 0 Å². The molecule has 0 bridgehead atoms. The second-order valence-corrected chi connectivity index (χ2v) is 5.24. The van der Waals surface area contributed by atoms with E-state index < -0.39 is 0 Å². The van der Waals surface area contributed by atoms with Crippen LogP contribution in [-0.4, -0.2) is 10.7 Å². The van der Waals surface area contributed by atoms with Crippen molar-refractivity contribution in [2.24, 2.45) is 0 Å². The zero-order valence-corrected chi connectivity index (χ0v) is 11.0. The lowest BCUT2D eigenvalue weighted by Gasteiger charge is -2.05. The lowest BCUT2D eigenvalue weighted by molar-refractivity contribution is 0.933. The molecule has 0 saturated heterocycles. The van der Waals surface area contributed by atoms with Gasteiger partial charge in [0.15, 0.2) is 0 Å². The van der Waals surface area contributed by atoms with E-state index in [1.54, 1.807) is 24.2 Å². The standard InChI is InChI=1S/C14H17N3S/c15-12-5-3-11(4-6-12)2-1-9-18-14-7-8-17-10-13(14)16/h3-8,10H,1-2,9,15-16H2. The number of pyridine rings is 1. The summed E-state index contributed by atoms with van der Waals surface area (Å²) < 4.78 is 0. The summed E-state index contributed by atoms with van der Waals surface area (Å²) in [6, 6.07) is 10.0. The maximum atomic E-state index is 5.83. The number of nitrogen functional groups attached to an aromatic ring is 2. The molecule has 1 heterocycles. The quantitative estimate of drug-likeness (QED) is 0.492. The van der Waals surface area contributed by atoms with Gasteiger partial charge in [0.25, 0.3) is 0 Å². The van der Waals surface area contributed by atoms with Crippen molar-refractivity contribution >= 4 is 23.1 Å². The van der Waals surface area contributed by atoms with Crippen LogP contribution in [0.3, 0.4) is 0 Å². The Morgan fingerprint density at radius 1 is 1.06 bits per heavy atom. The zero-order valence-electron chi connectivity index (χ0n) is 10.2. The maximum absolute atomic E-state index is 5.83. The molecule has 0 saturated carbocycles. The summed E-state index contributed by atoms with van der Waals surface area (Å²) >= 11 is 1.78. The molecular weight excluding hydrogens is 242 g/mol. The monoisotopic (exact) mass is 259 g/mol. The average molecular weight is 259 g/mol. The van der Waals surface area contributed by atoms with Crippen LogP contribution in [0, 0.1) is 0 Å². The predicted molar refractivity (Wildman–Crippen MR) is 78.5 cm³/mol. The van der Waals surface area contributed by atoms with Gasteiger partial charge in [0.1, 0.15) is 0 Å². The highest BCUT2D eigenvalue weighted by atomic mass is 32.2. The molecule has 0 radical (unpaired) electrons. The normalized spacial score (nSPS) is 10.4. The van der Waals surface area contributed by atoms with E-state index in [-0.39, 0.29) is 0 Å². The molecule has 4 heteroatoms. The first kappa shape index (κ1) is 12.8. The smallest absolute Gasteiger partial charge is 0.0638 e. The van der Waals surface area contributed by atoms with E-state index in [0.717, 1.165) is 34.9 Å². The van der Waals surface area contributed by atoms with E-state index in [1.165, 1.54) is 5.56 Å². The number of aryl methyl sites for hydroxylation is 1. The summed E-state index contributed by atoms with van der Waals surface area (Å²) in [5, 5.41) is 0. The molecule has 0 fully saturated rings. The molecule has 3 nitrogen and oxygen atoms in total. The SMILES string of the molecule is Nc1ccc(CCCSc2ccncc2N)cc1. The summed E-state index contributed by atoms with van der Waals surface area (Å²) in [6.45, 7) is 0. The van der Waals surface area contributed by atoms with Crippen molar-refractivity contribution in [2.45, 2.75) is 17.7 Å². The molecule has 0 amide bonds. The van der Waals surface area contributed by atoms with Crippen LogP contribution in [0.15, 0.2) is 47.6 Å². The number of anilines is 2. The Morgan fingerprint density at radius 2 is 1.83 bits per heavy atom. The minimum Gasteiger partial charge on any atom is -0.399 e. The Kier molecular flexibility index (Phi) is 4.47. The Balaban J connectivity index is 1.76. The van der Waals surface area contributed by atoms with Crippen molar-refractivity contribution in [3.05, 3.63) is 48.3 Å². The Morgan fingerprint density at radius 3 is 2.56 bits per heavy atom. The fourth-order valence-electron chi connectivity index (χ4n) is 1.67. The highest BCUT2D eigenvalue weighted by Crippen LogP contribution is 2.24. The number of benzene rings is 1. The van der Waals surface area contributed by atoms with Gasteiger partial charge in [-0.15, -0.1) is 11.8 Å². The zero-order chi connectivity index (χ0) is 12.8. The van der Waals surface area contributed by atoms with Gasteiger partial charge >= 0.3 is 0 Å². The summed E-state index contributed by atoms with van der Waals surface area (Å²) in [5.74, 6) is 1.05. The third kappa shape index (κ3) is 3.67. The first-order valence-electron chi connectivity index (χ1n) is 5.92. The number of thioether (sulfide) groups is 1. The van der Waals surface area contributed by atoms with Crippen LogP contribution < -0.4 is 11.5 Å². The van der Waals surface area contributed by atoms with E-state index in [4.69, 9.17) is 11.5 Å². The molecule has 0 atom stereocenters. The van der Waals surface area contributed by atoms with Gasteiger partial charge in [0.05, 0.1) is 11.9 Å². The number of hydrogen-bond acceptors (Lipinski definition) is 4. The van der Waals surface area contributed by atoms with Crippen LogP contribution in [0.4, 0.5) is 11.4 Å². The van der Waals surface area contributed by atoms with Crippen LogP contribution in [0.25, 0.3) is 0 Å². The second kappa shape index (κ2) is 6.31. The number of nitrogens with zero attached hydrogens (tertiary/aromatic N) is 1. The van der Waals surface area contributed by atoms with Gasteiger partial charge in [-0.05, 0) is 42.4 Å². The number of aromatic nitrogens is 1. The molecule has 94 valence electrons. The maximum Gasteiger partial charge on any atom is 0.0638 e. The fourth-order valence-corrected chi connectivity index (χ4v) is 2.55. The third-order valence-corrected chi connectivity index (χ3v) is 3.83. The lowest BCUT2D eigenvalue weighted by Crippen LogP contribution is -1.92. The van der Waals surface area contributed by atoms with E-state index in [9.17, 15) is 0 Å². The Bertz CT molecular complexity index is 497. The molecule has 0 aliphatic heterocycles. The minimum absolute atomic E-state index is 0.759. The Hall–Kier alpha value is -1.68. The third-order valence-electron chi connectivity index (χ3n) is 2.66. The molecule has 0 unspecified atom stereocenters. The van der Waals surface area contributed by atoms with Gasteiger partial charge in [-0.25, -0.2) is 0 Å². The van der Waals surface area contributed by atoms with Crippen LogP contribution in [-0.2, 0) is 6.42 Å². The highest BCUT2D eigenvalue weighted by Gasteiger charge is 1.99. The first-order valence-corrected chi connectivity index (χ1v) is 6.91. The number of hydrogen-bond donors (Lipinski definition) is 2. The summed E-state index contributed by atoms with van der Waals surface area (Å²) in [7, 11) is 0. The van der Waals surface area contributed by atoms with Gasteiger partial charge < -0.3 is 11.5 Å². The van der Waals surface area contributed by atoms with Gasteiger partial charge in [-0.3, -0.25) is 4.98 Å². The molecule has 2 aromatic rings. The number of nitrogens with two attached hydrogens (primary N) is 2. The van der Waals surface area contributed by atoms with Crippen molar-refractivity contribution in [2.75, 3.05) is 17.2 Å². The van der Waals surface area contributed by atoms with Gasteiger partial charge in [-0.2, -0.15) is 0 Å². The van der Waals surface area contributed by atoms with E-state index in [0.29, 0.717) is 0 Å². The molecule has 1 aromatic heterocycles. The second-order valence-electron chi connectivity index (χ2n) is 4.11. The van der Waals surface area contributed by atoms with Crippen molar-refractivity contribution in [3.63, 3.8) is 0 Å². The molecule has 0 aliphatic rings.